The van der Waals surface area contributed by atoms with Gasteiger partial charge >= 0.3 is 0 Å². The Morgan fingerprint density at radius 3 is 2.46 bits per heavy atom. The predicted molar refractivity (Wildman–Crippen MR) is 91.5 cm³/mol. The van der Waals surface area contributed by atoms with Gasteiger partial charge in [-0.1, -0.05) is 6.42 Å². The highest BCUT2D eigenvalue weighted by Crippen LogP contribution is 2.39. The van der Waals surface area contributed by atoms with Crippen LogP contribution in [0.15, 0.2) is 21.6 Å². The second-order valence-corrected chi connectivity index (χ2v) is 8.33. The van der Waals surface area contributed by atoms with Crippen molar-refractivity contribution >= 4 is 28.3 Å². The van der Waals surface area contributed by atoms with Crippen molar-refractivity contribution in [3.05, 3.63) is 17.9 Å². The quantitative estimate of drug-likeness (QED) is 0.730. The summed E-state index contributed by atoms with van der Waals surface area (Å²) in [5.41, 5.74) is 6.09. The van der Waals surface area contributed by atoms with Crippen LogP contribution in [0.5, 0.6) is 0 Å². The predicted octanol–water partition coefficient (Wildman–Crippen LogP) is 1.25. The third-order valence-electron chi connectivity index (χ3n) is 5.01. The lowest BCUT2D eigenvalue weighted by Gasteiger charge is -2.45. The Balaban J connectivity index is 0.00000208. The maximum absolute atomic E-state index is 12.4. The Labute approximate surface area is 148 Å². The molecule has 0 spiro atoms. The summed E-state index contributed by atoms with van der Waals surface area (Å²) in [5, 5.41) is 2.78. The lowest BCUT2D eigenvalue weighted by atomic mass is 9.67. The average molecular weight is 378 g/mol. The maximum atomic E-state index is 12.4. The second-order valence-electron chi connectivity index (χ2n) is 6.51. The van der Waals surface area contributed by atoms with E-state index in [-0.39, 0.29) is 41.3 Å². The SMILES string of the molecule is CNS(=O)(=O)c1ccc(C(=O)NC2C3CCCC2CC(N)C3)o1.Cl. The molecular formula is C15H24ClN3O4S. The molecule has 0 aromatic carbocycles. The van der Waals surface area contributed by atoms with Crippen molar-refractivity contribution in [2.45, 2.75) is 49.3 Å². The van der Waals surface area contributed by atoms with Crippen LogP contribution >= 0.6 is 12.4 Å². The smallest absolute Gasteiger partial charge is 0.287 e. The van der Waals surface area contributed by atoms with Crippen LogP contribution in [0, 0.1) is 11.8 Å². The van der Waals surface area contributed by atoms with Crippen molar-refractivity contribution in [1.29, 1.82) is 0 Å². The first-order valence-electron chi connectivity index (χ1n) is 8.00. The van der Waals surface area contributed by atoms with Crippen LogP contribution in [-0.4, -0.2) is 33.5 Å². The zero-order valence-corrected chi connectivity index (χ0v) is 15.2. The zero-order valence-electron chi connectivity index (χ0n) is 13.5. The highest BCUT2D eigenvalue weighted by molar-refractivity contribution is 7.89. The summed E-state index contributed by atoms with van der Waals surface area (Å²) in [6, 6.07) is 3.00. The molecule has 2 unspecified atom stereocenters. The summed E-state index contributed by atoms with van der Waals surface area (Å²) in [6.45, 7) is 0. The fourth-order valence-electron chi connectivity index (χ4n) is 3.93. The van der Waals surface area contributed by atoms with E-state index in [0.29, 0.717) is 11.8 Å². The first-order chi connectivity index (χ1) is 10.9. The van der Waals surface area contributed by atoms with Crippen LogP contribution in [-0.2, 0) is 10.0 Å². The van der Waals surface area contributed by atoms with Gasteiger partial charge in [0.2, 0.25) is 5.09 Å². The van der Waals surface area contributed by atoms with Crippen molar-refractivity contribution in [1.82, 2.24) is 10.0 Å². The van der Waals surface area contributed by atoms with Crippen LogP contribution in [0.1, 0.15) is 42.7 Å². The molecule has 1 aromatic heterocycles. The number of furan rings is 1. The van der Waals surface area contributed by atoms with E-state index < -0.39 is 10.0 Å². The number of nitrogens with two attached hydrogens (primary N) is 1. The summed E-state index contributed by atoms with van der Waals surface area (Å²) in [5.74, 6) is 0.459. The number of rotatable bonds is 4. The molecule has 1 aromatic rings. The lowest BCUT2D eigenvalue weighted by Crippen LogP contribution is -2.53. The fourth-order valence-corrected chi connectivity index (χ4v) is 4.58. The molecular weight excluding hydrogens is 354 g/mol. The second kappa shape index (κ2) is 7.43. The zero-order chi connectivity index (χ0) is 16.6. The molecule has 2 bridgehead atoms. The number of amides is 1. The fraction of sp³-hybridized carbons (Fsp3) is 0.667. The van der Waals surface area contributed by atoms with E-state index in [4.69, 9.17) is 10.2 Å². The van der Waals surface area contributed by atoms with Gasteiger partial charge in [0, 0.05) is 12.1 Å². The summed E-state index contributed by atoms with van der Waals surface area (Å²) in [6.07, 6.45) is 5.19. The van der Waals surface area contributed by atoms with Crippen LogP contribution in [0.25, 0.3) is 0 Å². The Bertz CT molecular complexity index is 677. The Hall–Kier alpha value is -1.09. The minimum absolute atomic E-state index is 0. The molecule has 0 saturated heterocycles. The minimum Gasteiger partial charge on any atom is -0.438 e. The number of fused-ring (bicyclic) bond motifs is 2. The van der Waals surface area contributed by atoms with Gasteiger partial charge in [0.1, 0.15) is 0 Å². The normalized spacial score (nSPS) is 29.6. The molecule has 2 fully saturated rings. The van der Waals surface area contributed by atoms with Gasteiger partial charge in [0.25, 0.3) is 15.9 Å². The molecule has 2 aliphatic carbocycles. The highest BCUT2D eigenvalue weighted by atomic mass is 35.5. The highest BCUT2D eigenvalue weighted by Gasteiger charge is 2.40. The minimum atomic E-state index is -3.68. The van der Waals surface area contributed by atoms with Crippen molar-refractivity contribution in [3.63, 3.8) is 0 Å². The van der Waals surface area contributed by atoms with Gasteiger partial charge in [-0.25, -0.2) is 13.1 Å². The van der Waals surface area contributed by atoms with E-state index >= 15 is 0 Å². The van der Waals surface area contributed by atoms with Gasteiger partial charge in [-0.15, -0.1) is 12.4 Å². The molecule has 24 heavy (non-hydrogen) atoms. The van der Waals surface area contributed by atoms with Crippen LogP contribution in [0.3, 0.4) is 0 Å². The third kappa shape index (κ3) is 3.77. The number of nitrogens with one attached hydrogen (secondary N) is 2. The van der Waals surface area contributed by atoms with Gasteiger partial charge in [-0.05, 0) is 56.7 Å². The standard InChI is InChI=1S/C15H23N3O4S.ClH/c1-17-23(20,21)13-6-5-12(22-13)15(19)18-14-9-3-2-4-10(14)8-11(16)7-9;/h5-6,9-11,14,17H,2-4,7-8,16H2,1H3,(H,18,19);1H. The van der Waals surface area contributed by atoms with Crippen LogP contribution in [0.4, 0.5) is 0 Å². The molecule has 0 radical (unpaired) electrons. The molecule has 1 heterocycles. The largest absolute Gasteiger partial charge is 0.438 e. The first-order valence-corrected chi connectivity index (χ1v) is 9.49. The van der Waals surface area contributed by atoms with Crippen LogP contribution < -0.4 is 15.8 Å². The van der Waals surface area contributed by atoms with E-state index in [1.165, 1.54) is 25.6 Å². The van der Waals surface area contributed by atoms with Crippen molar-refractivity contribution < 1.29 is 17.6 Å². The van der Waals surface area contributed by atoms with Gasteiger partial charge in [0.05, 0.1) is 0 Å². The third-order valence-corrected chi connectivity index (χ3v) is 6.30. The van der Waals surface area contributed by atoms with E-state index in [9.17, 15) is 13.2 Å². The topological polar surface area (TPSA) is 114 Å². The molecule has 2 atom stereocenters. The molecule has 0 aliphatic heterocycles. The van der Waals surface area contributed by atoms with Crippen molar-refractivity contribution in [3.8, 4) is 0 Å². The molecule has 2 aliphatic rings. The van der Waals surface area contributed by atoms with E-state index in [0.717, 1.165) is 25.7 Å². The Kier molecular flexibility index (Phi) is 5.95. The molecule has 2 saturated carbocycles. The van der Waals surface area contributed by atoms with E-state index in [1.807, 2.05) is 0 Å². The number of carbonyl (C=O) groups excluding carboxylic acids is 1. The molecule has 1 amide bonds. The molecule has 136 valence electrons. The number of hydrogen-bond donors (Lipinski definition) is 3. The lowest BCUT2D eigenvalue weighted by molar-refractivity contribution is 0.0728. The molecule has 9 heteroatoms. The maximum Gasteiger partial charge on any atom is 0.287 e. The number of halogens is 1. The van der Waals surface area contributed by atoms with Gasteiger partial charge < -0.3 is 15.5 Å². The average Bonchev–Trinajstić information content (AvgIpc) is 2.99. The van der Waals surface area contributed by atoms with Crippen LogP contribution in [0.2, 0.25) is 0 Å². The molecule has 7 nitrogen and oxygen atoms in total. The van der Waals surface area contributed by atoms with Gasteiger partial charge in [-0.2, -0.15) is 0 Å². The Morgan fingerprint density at radius 2 is 1.88 bits per heavy atom. The van der Waals surface area contributed by atoms with Crippen molar-refractivity contribution in [2.24, 2.45) is 17.6 Å². The summed E-state index contributed by atoms with van der Waals surface area (Å²) in [7, 11) is -2.38. The molecule has 4 N–H and O–H groups in total. The van der Waals surface area contributed by atoms with E-state index in [2.05, 4.69) is 10.0 Å². The number of carbonyl (C=O) groups is 1. The molecule has 3 rings (SSSR count). The first kappa shape index (κ1) is 19.2. The number of sulfonamides is 1. The van der Waals surface area contributed by atoms with Gasteiger partial charge in [0.15, 0.2) is 5.76 Å². The Morgan fingerprint density at radius 1 is 1.25 bits per heavy atom. The van der Waals surface area contributed by atoms with Crippen molar-refractivity contribution in [2.75, 3.05) is 7.05 Å². The monoisotopic (exact) mass is 377 g/mol. The summed E-state index contributed by atoms with van der Waals surface area (Å²) >= 11 is 0. The van der Waals surface area contributed by atoms with E-state index in [1.54, 1.807) is 0 Å². The summed E-state index contributed by atoms with van der Waals surface area (Å²) < 4.78 is 30.7. The number of hydrogen-bond acceptors (Lipinski definition) is 5. The summed E-state index contributed by atoms with van der Waals surface area (Å²) in [4.78, 5) is 12.4. The van der Waals surface area contributed by atoms with Gasteiger partial charge in [-0.3, -0.25) is 4.79 Å².